The van der Waals surface area contributed by atoms with Crippen LogP contribution in [0.5, 0.6) is 0 Å². The highest BCUT2D eigenvalue weighted by atomic mass is 35.5. The van der Waals surface area contributed by atoms with Gasteiger partial charge >= 0.3 is 0 Å². The maximum atomic E-state index is 14.6. The Balaban J connectivity index is 1.38. The molecule has 5 rings (SSSR count). The van der Waals surface area contributed by atoms with E-state index in [0.717, 1.165) is 24.8 Å². The fraction of sp³-hybridized carbons (Fsp3) is 0.676. The van der Waals surface area contributed by atoms with E-state index in [-0.39, 0.29) is 37.1 Å². The average Bonchev–Trinajstić information content (AvgIpc) is 3.63. The maximum Gasteiger partial charge on any atom is 0.246 e. The van der Waals surface area contributed by atoms with Crippen LogP contribution in [0.3, 0.4) is 0 Å². The molecule has 2 N–H and O–H groups in total. The third-order valence-corrected chi connectivity index (χ3v) is 10.9. The van der Waals surface area contributed by atoms with Crippen molar-refractivity contribution in [2.75, 3.05) is 6.54 Å². The number of likely N-dealkylation sites (tertiary alicyclic amines) is 1. The van der Waals surface area contributed by atoms with Crippen LogP contribution in [0.4, 0.5) is 0 Å². The molecule has 2 aliphatic heterocycles. The van der Waals surface area contributed by atoms with E-state index in [1.165, 1.54) is 24.2 Å². The van der Waals surface area contributed by atoms with Crippen molar-refractivity contribution in [3.63, 3.8) is 0 Å². The zero-order valence-electron chi connectivity index (χ0n) is 29.0. The summed E-state index contributed by atoms with van der Waals surface area (Å²) in [6.07, 6.45) is 8.22. The van der Waals surface area contributed by atoms with Crippen LogP contribution in [0.2, 0.25) is 5.02 Å². The number of halogens is 1. The minimum atomic E-state index is -1.01. The second-order valence-corrected chi connectivity index (χ2v) is 15.8. The Hall–Kier alpha value is -3.27. The number of hydrogen-bond donors (Lipinski definition) is 2. The lowest BCUT2D eigenvalue weighted by atomic mass is 9.84. The molecule has 262 valence electrons. The molecule has 0 bridgehead atoms. The number of rotatable bonds is 12. The molecule has 0 radical (unpaired) electrons. The molecule has 3 fully saturated rings. The number of carbonyl (C=O) groups is 5. The summed E-state index contributed by atoms with van der Waals surface area (Å²) >= 11 is 6.25. The predicted octanol–water partition coefficient (Wildman–Crippen LogP) is 5.38. The number of Topliss-reactive ketones (excluding diaryl/α,β-unsaturated/α-hetero) is 2. The van der Waals surface area contributed by atoms with Crippen molar-refractivity contribution in [2.24, 2.45) is 28.3 Å². The Morgan fingerprint density at radius 1 is 1.06 bits per heavy atom. The van der Waals surface area contributed by atoms with Gasteiger partial charge in [-0.3, -0.25) is 24.0 Å². The van der Waals surface area contributed by atoms with Crippen LogP contribution in [0, 0.1) is 23.2 Å². The summed E-state index contributed by atoms with van der Waals surface area (Å²) in [6.45, 7) is 9.26. The number of oxime groups is 1. The molecule has 2 heterocycles. The van der Waals surface area contributed by atoms with Gasteiger partial charge in [-0.25, -0.2) is 0 Å². The highest BCUT2D eigenvalue weighted by Gasteiger charge is 2.56. The largest absolute Gasteiger partial charge is 0.387 e. The van der Waals surface area contributed by atoms with Gasteiger partial charge in [0.05, 0.1) is 18.3 Å². The summed E-state index contributed by atoms with van der Waals surface area (Å²) in [6, 6.07) is 4.37. The van der Waals surface area contributed by atoms with Crippen molar-refractivity contribution < 1.29 is 28.8 Å². The molecule has 1 aromatic carbocycles. The summed E-state index contributed by atoms with van der Waals surface area (Å²) in [4.78, 5) is 75.1. The van der Waals surface area contributed by atoms with Crippen LogP contribution < -0.4 is 10.6 Å². The van der Waals surface area contributed by atoms with E-state index >= 15 is 0 Å². The smallest absolute Gasteiger partial charge is 0.246 e. The second-order valence-electron chi connectivity index (χ2n) is 15.4. The first-order valence-electron chi connectivity index (χ1n) is 17.8. The van der Waals surface area contributed by atoms with E-state index in [0.29, 0.717) is 41.8 Å². The molecule has 0 unspecified atom stereocenters. The molecule has 1 spiro atoms. The number of nitrogens with one attached hydrogen (secondary N) is 2. The van der Waals surface area contributed by atoms with Crippen LogP contribution in [0.25, 0.3) is 0 Å². The Bertz CT molecular complexity index is 1450. The molecule has 1 aromatic rings. The van der Waals surface area contributed by atoms with Gasteiger partial charge in [-0.2, -0.15) is 0 Å². The first-order chi connectivity index (χ1) is 22.8. The zero-order valence-corrected chi connectivity index (χ0v) is 29.7. The summed E-state index contributed by atoms with van der Waals surface area (Å²) in [5.41, 5.74) is -0.213. The van der Waals surface area contributed by atoms with Crippen molar-refractivity contribution in [3.8, 4) is 0 Å². The van der Waals surface area contributed by atoms with E-state index in [2.05, 4.69) is 15.8 Å². The van der Waals surface area contributed by atoms with Gasteiger partial charge in [0.1, 0.15) is 12.1 Å². The first kappa shape index (κ1) is 36.0. The second kappa shape index (κ2) is 14.7. The van der Waals surface area contributed by atoms with Crippen molar-refractivity contribution in [3.05, 3.63) is 34.9 Å². The van der Waals surface area contributed by atoms with E-state index in [9.17, 15) is 24.0 Å². The van der Waals surface area contributed by atoms with Gasteiger partial charge in [0, 0.05) is 35.8 Å². The zero-order chi connectivity index (χ0) is 34.8. The van der Waals surface area contributed by atoms with Crippen LogP contribution in [0.15, 0.2) is 29.4 Å². The van der Waals surface area contributed by atoms with Crippen molar-refractivity contribution in [1.29, 1.82) is 0 Å². The van der Waals surface area contributed by atoms with Gasteiger partial charge in [0.15, 0.2) is 11.4 Å². The Kier molecular flexibility index (Phi) is 11.0. The van der Waals surface area contributed by atoms with Crippen molar-refractivity contribution in [1.82, 2.24) is 15.5 Å². The van der Waals surface area contributed by atoms with Crippen LogP contribution in [0.1, 0.15) is 111 Å². The van der Waals surface area contributed by atoms with E-state index in [1.54, 1.807) is 19.1 Å². The lowest BCUT2D eigenvalue weighted by Gasteiger charge is -2.36. The molecule has 0 aromatic heterocycles. The SMILES string of the molecule is CCC[C@H](NC(=O)[C@@H]1C[C@]2(CC(c3cccc(Cl)c3)=NO2)CN1C(=O)[C@@H](NC(=O)[C@@H]1C[C@H]1C1CCCCC1)C(C)(C)C)C(=O)C(=O)CC. The molecule has 10 nitrogen and oxygen atoms in total. The van der Waals surface area contributed by atoms with Crippen molar-refractivity contribution in [2.45, 2.75) is 129 Å². The van der Waals surface area contributed by atoms with Gasteiger partial charge in [-0.05, 0) is 42.2 Å². The highest BCUT2D eigenvalue weighted by molar-refractivity contribution is 6.39. The Labute approximate surface area is 289 Å². The lowest BCUT2D eigenvalue weighted by molar-refractivity contribution is -0.145. The minimum absolute atomic E-state index is 0.0408. The van der Waals surface area contributed by atoms with Gasteiger partial charge in [-0.1, -0.05) is 102 Å². The number of benzene rings is 1. The quantitative estimate of drug-likeness (QED) is 0.284. The van der Waals surface area contributed by atoms with Crippen LogP contribution in [-0.4, -0.2) is 70.2 Å². The molecule has 1 saturated heterocycles. The topological polar surface area (TPSA) is 134 Å². The summed E-state index contributed by atoms with van der Waals surface area (Å²) < 4.78 is 0. The number of nitrogens with zero attached hydrogens (tertiary/aromatic N) is 2. The monoisotopic (exact) mass is 682 g/mol. The van der Waals surface area contributed by atoms with Gasteiger partial charge in [-0.15, -0.1) is 0 Å². The molecular formula is C37H51ClN4O6. The molecule has 2 aliphatic carbocycles. The molecule has 11 heteroatoms. The lowest BCUT2D eigenvalue weighted by Crippen LogP contribution is -2.59. The molecule has 6 atom stereocenters. The number of carbonyl (C=O) groups excluding carboxylic acids is 5. The van der Waals surface area contributed by atoms with Crippen molar-refractivity contribution >= 4 is 46.6 Å². The van der Waals surface area contributed by atoms with Gasteiger partial charge < -0.3 is 20.4 Å². The number of hydrogen-bond acceptors (Lipinski definition) is 7. The van der Waals surface area contributed by atoms with E-state index < -0.39 is 46.6 Å². The summed E-state index contributed by atoms with van der Waals surface area (Å²) in [7, 11) is 0. The van der Waals surface area contributed by atoms with Gasteiger partial charge in [0.25, 0.3) is 0 Å². The van der Waals surface area contributed by atoms with Gasteiger partial charge in [0.2, 0.25) is 23.5 Å². The molecule has 2 saturated carbocycles. The molecule has 4 aliphatic rings. The fourth-order valence-electron chi connectivity index (χ4n) is 7.81. The third kappa shape index (κ3) is 7.95. The van der Waals surface area contributed by atoms with Crippen LogP contribution >= 0.6 is 11.6 Å². The standard InChI is InChI=1S/C37H51ClN4O6/c1-6-12-27(31(44)30(43)7-2)39-34(46)29-20-37(19-28(41-48-37)23-15-11-16-24(38)17-23)21-42(29)35(47)32(36(3,4)5)40-33(45)26-18-25(26)22-13-9-8-10-14-22/h11,15-17,22,25-27,29,32H,6-10,12-14,18-21H2,1-5H3,(H,39,46)(H,40,45)/t25-,26+,27-,29-,32+,37+/m0/s1. The van der Waals surface area contributed by atoms with Crippen LogP contribution in [-0.2, 0) is 28.8 Å². The summed E-state index contributed by atoms with van der Waals surface area (Å²) in [5, 5.41) is 10.8. The Morgan fingerprint density at radius 3 is 2.44 bits per heavy atom. The highest BCUT2D eigenvalue weighted by Crippen LogP contribution is 2.49. The summed E-state index contributed by atoms with van der Waals surface area (Å²) in [5.74, 6) is -1.38. The Morgan fingerprint density at radius 2 is 1.79 bits per heavy atom. The predicted molar refractivity (Wildman–Crippen MR) is 183 cm³/mol. The molecule has 48 heavy (non-hydrogen) atoms. The molecular weight excluding hydrogens is 632 g/mol. The normalized spacial score (nSPS) is 26.8. The number of ketones is 2. The first-order valence-corrected chi connectivity index (χ1v) is 18.1. The fourth-order valence-corrected chi connectivity index (χ4v) is 8.00. The minimum Gasteiger partial charge on any atom is -0.387 e. The van der Waals surface area contributed by atoms with E-state index in [4.69, 9.17) is 16.4 Å². The maximum absolute atomic E-state index is 14.6. The number of amides is 3. The average molecular weight is 683 g/mol. The van der Waals surface area contributed by atoms with E-state index in [1.807, 2.05) is 39.8 Å². The molecule has 3 amide bonds. The third-order valence-electron chi connectivity index (χ3n) is 10.6.